The molecular formula is C28H31Cl2NO3P+. The molecule has 0 aromatic heterocycles. The molecule has 0 fully saturated rings. The van der Waals surface area contributed by atoms with Crippen LogP contribution in [-0.2, 0) is 14.3 Å². The summed E-state index contributed by atoms with van der Waals surface area (Å²) >= 11 is 11.1. The van der Waals surface area contributed by atoms with Gasteiger partial charge in [-0.05, 0) is 63.1 Å². The molecule has 1 N–H and O–H groups in total. The van der Waals surface area contributed by atoms with Crippen LogP contribution < -0.4 is 21.2 Å². The number of amides is 1. The number of halogens is 2. The van der Waals surface area contributed by atoms with Crippen molar-refractivity contribution in [1.29, 1.82) is 0 Å². The van der Waals surface area contributed by atoms with E-state index in [-0.39, 0.29) is 5.91 Å². The van der Waals surface area contributed by atoms with Gasteiger partial charge in [-0.3, -0.25) is 4.79 Å². The summed E-state index contributed by atoms with van der Waals surface area (Å²) in [4.78, 5) is 22.9. The Morgan fingerprint density at radius 2 is 1.23 bits per heavy atom. The van der Waals surface area contributed by atoms with Gasteiger partial charge in [0.15, 0.2) is 5.60 Å². The highest BCUT2D eigenvalue weighted by atomic mass is 35.5. The zero-order valence-electron chi connectivity index (χ0n) is 20.0. The molecule has 0 bridgehead atoms. The Morgan fingerprint density at radius 3 is 1.63 bits per heavy atom. The van der Waals surface area contributed by atoms with Crippen LogP contribution in [0.25, 0.3) is 0 Å². The van der Waals surface area contributed by atoms with Crippen molar-refractivity contribution in [2.75, 3.05) is 12.7 Å². The summed E-state index contributed by atoms with van der Waals surface area (Å²) in [6.45, 7) is 3.52. The first-order chi connectivity index (χ1) is 16.8. The monoisotopic (exact) mass is 530 g/mol. The van der Waals surface area contributed by atoms with Crippen molar-refractivity contribution in [3.05, 3.63) is 91.0 Å². The maximum absolute atomic E-state index is 12.6. The average Bonchev–Trinajstić information content (AvgIpc) is 2.87. The normalized spacial score (nSPS) is 11.8. The van der Waals surface area contributed by atoms with E-state index in [9.17, 15) is 9.59 Å². The van der Waals surface area contributed by atoms with Gasteiger partial charge in [0.05, 0.1) is 6.16 Å². The average molecular weight is 531 g/mol. The Kier molecular flexibility index (Phi) is 9.74. The SMILES string of the molecule is CC(C)(OC(=O)C(Cl)Cl)C(=O)NCCCC[P+](c1ccccc1)(c1ccccc1)c1ccccc1. The van der Waals surface area contributed by atoms with Crippen LogP contribution in [0.2, 0.25) is 0 Å². The van der Waals surface area contributed by atoms with Gasteiger partial charge in [-0.1, -0.05) is 77.8 Å². The summed E-state index contributed by atoms with van der Waals surface area (Å²) in [7, 11) is -1.89. The van der Waals surface area contributed by atoms with Crippen molar-refractivity contribution in [2.24, 2.45) is 0 Å². The quantitative estimate of drug-likeness (QED) is 0.164. The number of ether oxygens (including phenoxy) is 1. The van der Waals surface area contributed by atoms with E-state index in [0.29, 0.717) is 6.54 Å². The highest BCUT2D eigenvalue weighted by molar-refractivity contribution is 7.95. The molecule has 35 heavy (non-hydrogen) atoms. The maximum atomic E-state index is 12.6. The van der Waals surface area contributed by atoms with Gasteiger partial charge in [-0.2, -0.15) is 0 Å². The van der Waals surface area contributed by atoms with Gasteiger partial charge >= 0.3 is 5.97 Å². The van der Waals surface area contributed by atoms with Gasteiger partial charge in [-0.25, -0.2) is 4.79 Å². The molecule has 3 rings (SSSR count). The highest BCUT2D eigenvalue weighted by Gasteiger charge is 2.44. The first-order valence-electron chi connectivity index (χ1n) is 11.6. The summed E-state index contributed by atoms with van der Waals surface area (Å²) in [5.74, 6) is -1.22. The predicted molar refractivity (Wildman–Crippen MR) is 148 cm³/mol. The lowest BCUT2D eigenvalue weighted by Gasteiger charge is -2.28. The van der Waals surface area contributed by atoms with Crippen molar-refractivity contribution >= 4 is 58.3 Å². The molecule has 0 radical (unpaired) electrons. The molecule has 0 saturated carbocycles. The number of hydrogen-bond donors (Lipinski definition) is 1. The van der Waals surface area contributed by atoms with E-state index in [2.05, 4.69) is 96.3 Å². The van der Waals surface area contributed by atoms with E-state index in [1.54, 1.807) is 0 Å². The van der Waals surface area contributed by atoms with Crippen molar-refractivity contribution in [1.82, 2.24) is 5.32 Å². The number of carbonyl (C=O) groups excluding carboxylic acids is 2. The molecule has 0 aliphatic rings. The summed E-state index contributed by atoms with van der Waals surface area (Å²) in [6, 6.07) is 32.1. The molecule has 0 atom stereocenters. The number of unbranched alkanes of at least 4 members (excludes halogenated alkanes) is 1. The fourth-order valence-electron chi connectivity index (χ4n) is 4.11. The molecule has 0 unspecified atom stereocenters. The number of benzene rings is 3. The number of rotatable bonds is 11. The van der Waals surface area contributed by atoms with Crippen LogP contribution >= 0.6 is 30.5 Å². The fraction of sp³-hybridized carbons (Fsp3) is 0.286. The minimum Gasteiger partial charge on any atom is -0.448 e. The third kappa shape index (κ3) is 6.85. The highest BCUT2D eigenvalue weighted by Crippen LogP contribution is 2.55. The van der Waals surface area contributed by atoms with Gasteiger partial charge in [0.2, 0.25) is 4.84 Å². The van der Waals surface area contributed by atoms with Crippen molar-refractivity contribution in [3.63, 3.8) is 0 Å². The lowest BCUT2D eigenvalue weighted by Crippen LogP contribution is -2.46. The Labute approximate surface area is 218 Å². The van der Waals surface area contributed by atoms with Crippen molar-refractivity contribution in [3.8, 4) is 0 Å². The van der Waals surface area contributed by atoms with E-state index in [1.807, 2.05) is 0 Å². The Balaban J connectivity index is 1.76. The largest absolute Gasteiger partial charge is 0.448 e. The van der Waals surface area contributed by atoms with E-state index in [4.69, 9.17) is 27.9 Å². The summed E-state index contributed by atoms with van der Waals surface area (Å²) in [5, 5.41) is 6.90. The van der Waals surface area contributed by atoms with Crippen molar-refractivity contribution < 1.29 is 14.3 Å². The van der Waals surface area contributed by atoms with Crippen LogP contribution in [0.15, 0.2) is 91.0 Å². The second-order valence-corrected chi connectivity index (χ2v) is 13.4. The second-order valence-electron chi connectivity index (χ2n) is 8.74. The van der Waals surface area contributed by atoms with Crippen LogP contribution in [0.3, 0.4) is 0 Å². The second kappa shape index (κ2) is 12.5. The number of nitrogens with one attached hydrogen (secondary N) is 1. The molecule has 0 heterocycles. The minimum atomic E-state index is -1.89. The molecule has 0 saturated heterocycles. The van der Waals surface area contributed by atoms with Crippen LogP contribution in [-0.4, -0.2) is 35.0 Å². The molecule has 1 amide bonds. The lowest BCUT2D eigenvalue weighted by molar-refractivity contribution is -0.163. The Hall–Kier alpha value is -2.39. The van der Waals surface area contributed by atoms with Gasteiger partial charge in [0.25, 0.3) is 5.91 Å². The van der Waals surface area contributed by atoms with Gasteiger partial charge in [-0.15, -0.1) is 0 Å². The van der Waals surface area contributed by atoms with Crippen LogP contribution in [0.4, 0.5) is 0 Å². The van der Waals surface area contributed by atoms with Gasteiger partial charge in [0, 0.05) is 6.54 Å². The van der Waals surface area contributed by atoms with E-state index in [1.165, 1.54) is 29.8 Å². The third-order valence-corrected chi connectivity index (χ3v) is 10.8. The smallest absolute Gasteiger partial charge is 0.340 e. The molecule has 184 valence electrons. The zero-order chi connectivity index (χ0) is 25.3. The predicted octanol–water partition coefficient (Wildman–Crippen LogP) is 5.00. The number of carbonyl (C=O) groups is 2. The van der Waals surface area contributed by atoms with Gasteiger partial charge < -0.3 is 10.1 Å². The number of hydrogen-bond acceptors (Lipinski definition) is 3. The first-order valence-corrected chi connectivity index (χ1v) is 14.5. The van der Waals surface area contributed by atoms with E-state index >= 15 is 0 Å². The van der Waals surface area contributed by atoms with Crippen LogP contribution in [0.5, 0.6) is 0 Å². The van der Waals surface area contributed by atoms with Crippen molar-refractivity contribution in [2.45, 2.75) is 37.1 Å². The maximum Gasteiger partial charge on any atom is 0.340 e. The molecule has 0 aliphatic carbocycles. The molecular weight excluding hydrogens is 500 g/mol. The minimum absolute atomic E-state index is 0.380. The van der Waals surface area contributed by atoms with E-state index < -0.39 is 23.7 Å². The molecule has 0 spiro atoms. The lowest BCUT2D eigenvalue weighted by atomic mass is 10.1. The third-order valence-electron chi connectivity index (χ3n) is 5.88. The van der Waals surface area contributed by atoms with Crippen LogP contribution in [0, 0.1) is 0 Å². The summed E-state index contributed by atoms with van der Waals surface area (Å²) < 4.78 is 5.14. The standard InChI is InChI=1S/C28H30Cl2NO3P/c1-28(2,34-26(32)25(29)30)27(33)31-20-12-13-21-35(22-14-6-3-7-15-22,23-16-8-4-9-17-23)24-18-10-5-11-19-24/h3-11,14-19,25H,12-13,20-21H2,1-2H3/p+1. The number of alkyl halides is 2. The fourth-order valence-corrected chi connectivity index (χ4v) is 8.61. The molecule has 3 aromatic rings. The van der Waals surface area contributed by atoms with Crippen LogP contribution in [0.1, 0.15) is 26.7 Å². The Bertz CT molecular complexity index is 996. The first kappa shape index (κ1) is 27.2. The summed E-state index contributed by atoms with van der Waals surface area (Å²) in [6.07, 6.45) is 2.68. The molecule has 7 heteroatoms. The van der Waals surface area contributed by atoms with Gasteiger partial charge in [0.1, 0.15) is 23.2 Å². The molecule has 0 aliphatic heterocycles. The number of esters is 1. The Morgan fingerprint density at radius 1 is 0.800 bits per heavy atom. The zero-order valence-corrected chi connectivity index (χ0v) is 22.4. The topological polar surface area (TPSA) is 55.4 Å². The molecule has 4 nitrogen and oxygen atoms in total. The van der Waals surface area contributed by atoms with E-state index in [0.717, 1.165) is 19.0 Å². The molecule has 3 aromatic carbocycles. The summed E-state index contributed by atoms with van der Waals surface area (Å²) in [5.41, 5.74) is -1.35.